The Morgan fingerprint density at radius 2 is 1.95 bits per heavy atom. The molecule has 4 nitrogen and oxygen atoms in total. The molecule has 0 amide bonds. The number of nitrogens with two attached hydrogens (primary N) is 1. The molecular formula is C18H28N2O2. The van der Waals surface area contributed by atoms with Crippen LogP contribution in [-0.4, -0.2) is 30.2 Å². The van der Waals surface area contributed by atoms with E-state index in [-0.39, 0.29) is 12.2 Å². The van der Waals surface area contributed by atoms with Gasteiger partial charge in [-0.05, 0) is 44.1 Å². The van der Waals surface area contributed by atoms with Crippen LogP contribution in [0.5, 0.6) is 0 Å². The van der Waals surface area contributed by atoms with E-state index >= 15 is 0 Å². The van der Waals surface area contributed by atoms with Crippen molar-refractivity contribution < 1.29 is 9.53 Å². The molecule has 4 heteroatoms. The van der Waals surface area contributed by atoms with Crippen LogP contribution in [0.25, 0.3) is 6.08 Å². The summed E-state index contributed by atoms with van der Waals surface area (Å²) in [5, 5.41) is 0. The van der Waals surface area contributed by atoms with E-state index in [0.29, 0.717) is 0 Å². The van der Waals surface area contributed by atoms with E-state index in [1.807, 2.05) is 50.8 Å². The number of ether oxygens (including phenoxy) is 1. The third kappa shape index (κ3) is 7.09. The largest absolute Gasteiger partial charge is 0.443 e. The summed E-state index contributed by atoms with van der Waals surface area (Å²) in [4.78, 5) is 12.8. The Bertz CT molecular complexity index is 494. The van der Waals surface area contributed by atoms with Crippen molar-refractivity contribution in [2.24, 2.45) is 0 Å². The van der Waals surface area contributed by atoms with Gasteiger partial charge in [0.05, 0.1) is 0 Å². The Labute approximate surface area is 134 Å². The lowest BCUT2D eigenvalue weighted by molar-refractivity contribution is -0.150. The number of benzene rings is 1. The lowest BCUT2D eigenvalue weighted by Gasteiger charge is -2.25. The van der Waals surface area contributed by atoms with Crippen molar-refractivity contribution in [1.29, 1.82) is 0 Å². The molecule has 0 aliphatic rings. The highest BCUT2D eigenvalue weighted by molar-refractivity contribution is 5.81. The molecule has 0 saturated heterocycles. The first kappa shape index (κ1) is 19.9. The molecule has 0 fully saturated rings. The Kier molecular flexibility index (Phi) is 9.63. The fourth-order valence-electron chi connectivity index (χ4n) is 1.81. The zero-order valence-electron chi connectivity index (χ0n) is 14.1. The van der Waals surface area contributed by atoms with Crippen LogP contribution in [0.2, 0.25) is 0 Å². The highest BCUT2D eigenvalue weighted by atomic mass is 16.6. The number of nitrogens with zero attached hydrogens (tertiary/aromatic N) is 1. The predicted molar refractivity (Wildman–Crippen MR) is 94.4 cm³/mol. The minimum atomic E-state index is -0.366. The molecule has 1 atom stereocenters. The Morgan fingerprint density at radius 3 is 2.36 bits per heavy atom. The number of nitrogen functional groups attached to an aromatic ring is 1. The zero-order chi connectivity index (χ0) is 17.1. The van der Waals surface area contributed by atoms with Gasteiger partial charge < -0.3 is 10.5 Å². The summed E-state index contributed by atoms with van der Waals surface area (Å²) in [6, 6.07) is 5.91. The number of carbonyl (C=O) groups excluding carboxylic acids is 1. The van der Waals surface area contributed by atoms with Crippen LogP contribution in [0.1, 0.15) is 31.9 Å². The smallest absolute Gasteiger partial charge is 0.331 e. The van der Waals surface area contributed by atoms with Crippen molar-refractivity contribution in [3.63, 3.8) is 0 Å². The van der Waals surface area contributed by atoms with Crippen molar-refractivity contribution in [3.05, 3.63) is 48.6 Å². The van der Waals surface area contributed by atoms with Gasteiger partial charge in [-0.15, -0.1) is 0 Å². The van der Waals surface area contributed by atoms with Gasteiger partial charge in [0.15, 0.2) is 6.23 Å². The fourth-order valence-corrected chi connectivity index (χ4v) is 1.81. The number of carbonyl (C=O) groups is 1. The van der Waals surface area contributed by atoms with Crippen LogP contribution >= 0.6 is 0 Å². The van der Waals surface area contributed by atoms with Gasteiger partial charge >= 0.3 is 5.97 Å². The summed E-state index contributed by atoms with van der Waals surface area (Å²) in [6.45, 7) is 16.6. The normalized spacial score (nSPS) is 11.1. The van der Waals surface area contributed by atoms with Crippen LogP contribution in [0.4, 0.5) is 5.69 Å². The minimum Gasteiger partial charge on any atom is -0.443 e. The van der Waals surface area contributed by atoms with E-state index in [2.05, 4.69) is 13.2 Å². The van der Waals surface area contributed by atoms with Gasteiger partial charge in [0.2, 0.25) is 0 Å². The molecule has 0 radical (unpaired) electrons. The Morgan fingerprint density at radius 1 is 1.36 bits per heavy atom. The van der Waals surface area contributed by atoms with Crippen LogP contribution in [0.3, 0.4) is 0 Å². The van der Waals surface area contributed by atoms with Gasteiger partial charge in [-0.1, -0.05) is 45.2 Å². The van der Waals surface area contributed by atoms with Crippen molar-refractivity contribution in [3.8, 4) is 0 Å². The predicted octanol–water partition coefficient (Wildman–Crippen LogP) is 3.62. The van der Waals surface area contributed by atoms with Gasteiger partial charge in [0, 0.05) is 11.8 Å². The van der Waals surface area contributed by atoms with Crippen LogP contribution < -0.4 is 5.73 Å². The number of hydrogen-bond donors (Lipinski definition) is 1. The lowest BCUT2D eigenvalue weighted by atomic mass is 10.1. The quantitative estimate of drug-likeness (QED) is 0.377. The molecule has 0 aromatic heterocycles. The second-order valence-corrected chi connectivity index (χ2v) is 4.78. The molecule has 0 bridgehead atoms. The van der Waals surface area contributed by atoms with Crippen LogP contribution in [0.15, 0.2) is 37.4 Å². The number of aryl methyl sites for hydroxylation is 1. The molecule has 1 aromatic carbocycles. The summed E-state index contributed by atoms with van der Waals surface area (Å²) < 4.78 is 5.01. The summed E-state index contributed by atoms with van der Waals surface area (Å²) in [5.74, 6) is -0.366. The molecule has 2 N–H and O–H groups in total. The van der Waals surface area contributed by atoms with Gasteiger partial charge in [-0.3, -0.25) is 4.90 Å². The minimum absolute atomic E-state index is 0.162. The standard InChI is InChI=1S/C9H17NO2.C9H11N/c1-5-9(11)12-8(4)10(6-2)7-3;1-3-8-5-4-7(2)9(10)6-8/h5,8H,1,6-7H2,2-4H3;3-6H,1,10H2,2H3. The molecule has 122 valence electrons. The summed E-state index contributed by atoms with van der Waals surface area (Å²) in [7, 11) is 0. The summed E-state index contributed by atoms with van der Waals surface area (Å²) in [5.41, 5.74) is 8.67. The highest BCUT2D eigenvalue weighted by Gasteiger charge is 2.12. The van der Waals surface area contributed by atoms with Gasteiger partial charge in [0.1, 0.15) is 0 Å². The maximum atomic E-state index is 10.8. The van der Waals surface area contributed by atoms with E-state index < -0.39 is 0 Å². The van der Waals surface area contributed by atoms with Crippen LogP contribution in [-0.2, 0) is 9.53 Å². The molecule has 0 saturated carbocycles. The average molecular weight is 304 g/mol. The van der Waals surface area contributed by atoms with E-state index in [1.165, 1.54) is 6.08 Å². The third-order valence-corrected chi connectivity index (χ3v) is 3.32. The number of rotatable bonds is 6. The van der Waals surface area contributed by atoms with Gasteiger partial charge in [-0.2, -0.15) is 0 Å². The fraction of sp³-hybridized carbons (Fsp3) is 0.389. The second kappa shape index (κ2) is 10.6. The van der Waals surface area contributed by atoms with Gasteiger partial charge in [0.25, 0.3) is 0 Å². The first-order valence-electron chi connectivity index (χ1n) is 7.45. The molecule has 22 heavy (non-hydrogen) atoms. The SMILES string of the molecule is C=CC(=O)OC(C)N(CC)CC.C=Cc1ccc(C)c(N)c1. The molecule has 0 aliphatic heterocycles. The van der Waals surface area contributed by atoms with Gasteiger partial charge in [-0.25, -0.2) is 4.79 Å². The first-order chi connectivity index (χ1) is 10.4. The molecule has 1 unspecified atom stereocenters. The molecule has 1 rings (SSSR count). The Balaban J connectivity index is 0.000000406. The molecule has 0 heterocycles. The Hall–Kier alpha value is -2.07. The molecule has 0 spiro atoms. The summed E-state index contributed by atoms with van der Waals surface area (Å²) >= 11 is 0. The highest BCUT2D eigenvalue weighted by Crippen LogP contribution is 2.12. The van der Waals surface area contributed by atoms with Crippen molar-refractivity contribution >= 4 is 17.7 Å². The van der Waals surface area contributed by atoms with Crippen molar-refractivity contribution in [2.75, 3.05) is 18.8 Å². The maximum Gasteiger partial charge on any atom is 0.331 e. The van der Waals surface area contributed by atoms with Crippen LogP contribution in [0, 0.1) is 6.92 Å². The van der Waals surface area contributed by atoms with E-state index in [4.69, 9.17) is 10.5 Å². The van der Waals surface area contributed by atoms with E-state index in [9.17, 15) is 4.79 Å². The summed E-state index contributed by atoms with van der Waals surface area (Å²) in [6.07, 6.45) is 2.81. The topological polar surface area (TPSA) is 55.6 Å². The van der Waals surface area contributed by atoms with Crippen molar-refractivity contribution in [2.45, 2.75) is 33.9 Å². The maximum absolute atomic E-state index is 10.8. The molecule has 0 aliphatic carbocycles. The first-order valence-corrected chi connectivity index (χ1v) is 7.45. The number of anilines is 1. The lowest BCUT2D eigenvalue weighted by Crippen LogP contribution is -2.35. The molecule has 1 aromatic rings. The monoisotopic (exact) mass is 304 g/mol. The third-order valence-electron chi connectivity index (χ3n) is 3.32. The molecular weight excluding hydrogens is 276 g/mol. The van der Waals surface area contributed by atoms with E-state index in [1.54, 1.807) is 6.08 Å². The van der Waals surface area contributed by atoms with E-state index in [0.717, 1.165) is 29.9 Å². The van der Waals surface area contributed by atoms with Crippen molar-refractivity contribution in [1.82, 2.24) is 4.90 Å². The average Bonchev–Trinajstić information content (AvgIpc) is 2.51. The number of esters is 1. The zero-order valence-corrected chi connectivity index (χ0v) is 14.1. The number of hydrogen-bond acceptors (Lipinski definition) is 4. The second-order valence-electron chi connectivity index (χ2n) is 4.78.